The first-order chi connectivity index (χ1) is 12.6. The van der Waals surface area contributed by atoms with Crippen LogP contribution >= 0.6 is 11.6 Å². The van der Waals surface area contributed by atoms with Crippen LogP contribution in [0.3, 0.4) is 0 Å². The molecule has 26 heavy (non-hydrogen) atoms. The zero-order chi connectivity index (χ0) is 18.3. The quantitative estimate of drug-likeness (QED) is 0.555. The van der Waals surface area contributed by atoms with E-state index in [2.05, 4.69) is 15.2 Å². The summed E-state index contributed by atoms with van der Waals surface area (Å²) in [5.41, 5.74) is 2.31. The number of hydrogen-bond acceptors (Lipinski definition) is 5. The summed E-state index contributed by atoms with van der Waals surface area (Å²) >= 11 is 5.99. The normalized spacial score (nSPS) is 11.3. The van der Waals surface area contributed by atoms with E-state index in [4.69, 9.17) is 16.3 Å². The minimum atomic E-state index is -0.543. The first-order valence-electron chi connectivity index (χ1n) is 7.83. The Morgan fingerprint density at radius 2 is 2.15 bits per heavy atom. The first kappa shape index (κ1) is 16.3. The fraction of sp³-hybridized carbons (Fsp3) is 0.176. The van der Waals surface area contributed by atoms with Crippen LogP contribution in [0.5, 0.6) is 0 Å². The number of benzene rings is 1. The summed E-state index contributed by atoms with van der Waals surface area (Å²) in [6, 6.07) is 5.52. The van der Waals surface area contributed by atoms with Crippen LogP contribution in [0.1, 0.15) is 10.4 Å². The lowest BCUT2D eigenvalue weighted by molar-refractivity contribution is 0.0600. The Kier molecular flexibility index (Phi) is 3.96. The van der Waals surface area contributed by atoms with Gasteiger partial charge in [-0.15, -0.1) is 0 Å². The Hall–Kier alpha value is -3.13. The van der Waals surface area contributed by atoms with Crippen LogP contribution in [0.25, 0.3) is 22.3 Å². The van der Waals surface area contributed by atoms with Gasteiger partial charge in [-0.3, -0.25) is 4.79 Å². The van der Waals surface area contributed by atoms with E-state index >= 15 is 0 Å². The third-order valence-electron chi connectivity index (χ3n) is 4.20. The molecular formula is C17H14ClN5O3. The van der Waals surface area contributed by atoms with Gasteiger partial charge in [-0.1, -0.05) is 11.6 Å². The number of rotatable bonds is 4. The number of aromatic amines is 1. The number of esters is 1. The van der Waals surface area contributed by atoms with E-state index in [0.29, 0.717) is 29.4 Å². The number of aromatic nitrogens is 5. The zero-order valence-corrected chi connectivity index (χ0v) is 14.5. The maximum atomic E-state index is 12.0. The summed E-state index contributed by atoms with van der Waals surface area (Å²) in [5, 5.41) is 6.91. The lowest BCUT2D eigenvalue weighted by Crippen LogP contribution is -2.14. The molecule has 0 spiro atoms. The summed E-state index contributed by atoms with van der Waals surface area (Å²) in [6.07, 6.45) is 5.03. The highest BCUT2D eigenvalue weighted by Gasteiger charge is 2.21. The maximum Gasteiger partial charge on any atom is 0.341 e. The van der Waals surface area contributed by atoms with Gasteiger partial charge in [-0.25, -0.2) is 14.9 Å². The number of fused-ring (bicyclic) bond motifs is 2. The predicted molar refractivity (Wildman–Crippen MR) is 95.6 cm³/mol. The van der Waals surface area contributed by atoms with Crippen molar-refractivity contribution in [2.24, 2.45) is 0 Å². The number of nitrogens with one attached hydrogen (secondary N) is 1. The molecule has 0 radical (unpaired) electrons. The number of imidazole rings is 1. The summed E-state index contributed by atoms with van der Waals surface area (Å²) < 4.78 is 8.54. The Morgan fingerprint density at radius 3 is 2.96 bits per heavy atom. The third kappa shape index (κ3) is 2.74. The number of carbonyl (C=O) groups is 1. The Labute approximate surface area is 152 Å². The second-order valence-electron chi connectivity index (χ2n) is 5.79. The van der Waals surface area contributed by atoms with E-state index in [1.807, 2.05) is 16.7 Å². The van der Waals surface area contributed by atoms with E-state index in [1.165, 1.54) is 7.11 Å². The summed E-state index contributed by atoms with van der Waals surface area (Å²) in [4.78, 5) is 28.3. The van der Waals surface area contributed by atoms with Gasteiger partial charge in [0.15, 0.2) is 0 Å². The molecule has 0 aliphatic carbocycles. The smallest absolute Gasteiger partial charge is 0.341 e. The van der Waals surface area contributed by atoms with Gasteiger partial charge in [-0.05, 0) is 18.2 Å². The zero-order valence-electron chi connectivity index (χ0n) is 13.8. The SMILES string of the molecule is COC(=O)c1cn(CCn2cnc3cc(Cl)ccc32)cc2c(=O)[nH]nc1-2. The second kappa shape index (κ2) is 6.30. The van der Waals surface area contributed by atoms with Gasteiger partial charge in [0.25, 0.3) is 5.56 Å². The lowest BCUT2D eigenvalue weighted by Gasteiger charge is -2.12. The van der Waals surface area contributed by atoms with Crippen molar-refractivity contribution in [3.8, 4) is 11.3 Å². The maximum absolute atomic E-state index is 12.0. The number of H-pyrrole nitrogens is 1. The highest BCUT2D eigenvalue weighted by Crippen LogP contribution is 2.21. The van der Waals surface area contributed by atoms with Crippen LogP contribution in [0, 0.1) is 0 Å². The van der Waals surface area contributed by atoms with Crippen molar-refractivity contribution in [2.75, 3.05) is 7.11 Å². The molecule has 0 unspecified atom stereocenters. The van der Waals surface area contributed by atoms with Crippen molar-refractivity contribution < 1.29 is 9.53 Å². The van der Waals surface area contributed by atoms with Crippen LogP contribution in [0.2, 0.25) is 5.02 Å². The van der Waals surface area contributed by atoms with E-state index < -0.39 is 5.97 Å². The standard InChI is InChI=1S/C17H14ClN5O3/c1-26-17(25)12-8-22(7-11-15(12)20-21-16(11)24)4-5-23-9-19-13-6-10(18)2-3-14(13)23/h2-3,6-9H,4-5H2,1H3,(H,21,24). The molecule has 1 N–H and O–H groups in total. The van der Waals surface area contributed by atoms with Crippen LogP contribution in [-0.2, 0) is 17.8 Å². The number of nitrogens with zero attached hydrogens (tertiary/aromatic N) is 4. The number of halogens is 1. The van der Waals surface area contributed by atoms with Crippen LogP contribution in [0.4, 0.5) is 0 Å². The van der Waals surface area contributed by atoms with Gasteiger partial charge in [0.05, 0.1) is 30.0 Å². The molecule has 2 aliphatic rings. The highest BCUT2D eigenvalue weighted by molar-refractivity contribution is 6.31. The molecule has 2 aliphatic heterocycles. The van der Waals surface area contributed by atoms with Crippen molar-refractivity contribution in [1.82, 2.24) is 24.3 Å². The molecule has 1 aromatic heterocycles. The molecule has 8 nitrogen and oxygen atoms in total. The molecule has 0 saturated heterocycles. The average molecular weight is 372 g/mol. The molecule has 0 atom stereocenters. The van der Waals surface area contributed by atoms with Gasteiger partial charge in [0.1, 0.15) is 11.3 Å². The van der Waals surface area contributed by atoms with Gasteiger partial charge >= 0.3 is 5.97 Å². The minimum absolute atomic E-state index is 0.241. The van der Waals surface area contributed by atoms with Gasteiger partial charge < -0.3 is 13.9 Å². The minimum Gasteiger partial charge on any atom is -0.465 e. The fourth-order valence-electron chi connectivity index (χ4n) is 2.92. The van der Waals surface area contributed by atoms with Crippen molar-refractivity contribution in [3.63, 3.8) is 0 Å². The van der Waals surface area contributed by atoms with Gasteiger partial charge in [-0.2, -0.15) is 5.10 Å². The fourth-order valence-corrected chi connectivity index (χ4v) is 3.08. The summed E-state index contributed by atoms with van der Waals surface area (Å²) in [6.45, 7) is 1.12. The van der Waals surface area contributed by atoms with Crippen molar-refractivity contribution >= 4 is 28.6 Å². The Morgan fingerprint density at radius 1 is 1.31 bits per heavy atom. The number of methoxy groups -OCH3 is 1. The molecule has 1 aromatic carbocycles. The van der Waals surface area contributed by atoms with Gasteiger partial charge in [0, 0.05) is 30.5 Å². The van der Waals surface area contributed by atoms with Crippen LogP contribution in [-0.4, -0.2) is 37.4 Å². The molecule has 0 bridgehead atoms. The molecule has 0 saturated carbocycles. The largest absolute Gasteiger partial charge is 0.465 e. The number of pyridine rings is 1. The number of hydrogen-bond donors (Lipinski definition) is 1. The summed E-state index contributed by atoms with van der Waals surface area (Å²) in [5.74, 6) is -0.543. The van der Waals surface area contributed by atoms with E-state index in [1.54, 1.807) is 29.4 Å². The monoisotopic (exact) mass is 371 g/mol. The molecule has 132 valence electrons. The van der Waals surface area contributed by atoms with Crippen LogP contribution < -0.4 is 5.56 Å². The number of aryl methyl sites for hydroxylation is 2. The van der Waals surface area contributed by atoms with Crippen molar-refractivity contribution in [1.29, 1.82) is 0 Å². The predicted octanol–water partition coefficient (Wildman–Crippen LogP) is 2.17. The van der Waals surface area contributed by atoms with E-state index in [0.717, 1.165) is 11.0 Å². The molecule has 9 heteroatoms. The van der Waals surface area contributed by atoms with Gasteiger partial charge in [0.2, 0.25) is 0 Å². The molecule has 4 rings (SSSR count). The molecule has 3 heterocycles. The number of carbonyl (C=O) groups excluding carboxylic acids is 1. The Balaban J connectivity index is 1.68. The second-order valence-corrected chi connectivity index (χ2v) is 6.22. The van der Waals surface area contributed by atoms with Crippen molar-refractivity contribution in [3.05, 3.63) is 57.9 Å². The van der Waals surface area contributed by atoms with E-state index in [9.17, 15) is 9.59 Å². The van der Waals surface area contributed by atoms with E-state index in [-0.39, 0.29) is 11.1 Å². The molecule has 0 amide bonds. The summed E-state index contributed by atoms with van der Waals surface area (Å²) in [7, 11) is 1.29. The Bertz CT molecular complexity index is 1140. The lowest BCUT2D eigenvalue weighted by atomic mass is 10.1. The number of ether oxygens (including phenoxy) is 1. The third-order valence-corrected chi connectivity index (χ3v) is 4.44. The first-order valence-corrected chi connectivity index (χ1v) is 8.21. The molecular weight excluding hydrogens is 358 g/mol. The van der Waals surface area contributed by atoms with Crippen LogP contribution in [0.15, 0.2) is 41.7 Å². The molecule has 0 fully saturated rings. The van der Waals surface area contributed by atoms with Crippen molar-refractivity contribution in [2.45, 2.75) is 13.1 Å². The molecule has 2 aromatic rings. The average Bonchev–Trinajstić information content (AvgIpc) is 3.22. The highest BCUT2D eigenvalue weighted by atomic mass is 35.5. The topological polar surface area (TPSA) is 94.8 Å².